The van der Waals surface area contributed by atoms with Gasteiger partial charge in [0.1, 0.15) is 17.2 Å². The van der Waals surface area contributed by atoms with Crippen LogP contribution < -0.4 is 10.6 Å². The van der Waals surface area contributed by atoms with E-state index in [4.69, 9.17) is 8.94 Å². The molecule has 0 atom stereocenters. The van der Waals surface area contributed by atoms with Crippen LogP contribution >= 0.6 is 0 Å². The molecule has 0 saturated heterocycles. The molecule has 0 aliphatic carbocycles. The van der Waals surface area contributed by atoms with Gasteiger partial charge >= 0.3 is 0 Å². The Morgan fingerprint density at radius 2 is 2.23 bits per heavy atom. The number of carbonyl (C=O) groups excluding carboxylic acids is 1. The molecule has 0 saturated carbocycles. The fraction of sp³-hybridized carbons (Fsp3) is 0.133. The van der Waals surface area contributed by atoms with Crippen molar-refractivity contribution in [3.8, 4) is 0 Å². The van der Waals surface area contributed by atoms with E-state index in [9.17, 15) is 4.79 Å². The van der Waals surface area contributed by atoms with E-state index in [2.05, 4.69) is 20.8 Å². The summed E-state index contributed by atoms with van der Waals surface area (Å²) in [6, 6.07) is 8.76. The second-order valence-corrected chi connectivity index (χ2v) is 4.64. The summed E-state index contributed by atoms with van der Waals surface area (Å²) in [7, 11) is 0. The van der Waals surface area contributed by atoms with Crippen molar-refractivity contribution in [3.63, 3.8) is 0 Å². The Hall–Kier alpha value is -3.09. The molecule has 3 aromatic rings. The number of anilines is 2. The summed E-state index contributed by atoms with van der Waals surface area (Å²) in [5.41, 5.74) is 1.05. The summed E-state index contributed by atoms with van der Waals surface area (Å²) in [4.78, 5) is 16.2. The van der Waals surface area contributed by atoms with Crippen LogP contribution in [-0.2, 0) is 6.54 Å². The number of nitrogens with zero attached hydrogens (tertiary/aromatic N) is 2. The maximum atomic E-state index is 12.1. The molecule has 0 aromatic carbocycles. The molecule has 1 amide bonds. The molecule has 0 spiro atoms. The van der Waals surface area contributed by atoms with Gasteiger partial charge in [0.15, 0.2) is 5.82 Å². The number of carbonyl (C=O) groups is 1. The van der Waals surface area contributed by atoms with Gasteiger partial charge in [-0.25, -0.2) is 0 Å². The van der Waals surface area contributed by atoms with E-state index >= 15 is 0 Å². The van der Waals surface area contributed by atoms with Crippen molar-refractivity contribution in [2.45, 2.75) is 13.5 Å². The lowest BCUT2D eigenvalue weighted by atomic mass is 10.3. The molecule has 7 heteroatoms. The molecule has 0 fully saturated rings. The summed E-state index contributed by atoms with van der Waals surface area (Å²) in [6.07, 6.45) is 3.18. The zero-order chi connectivity index (χ0) is 15.4. The van der Waals surface area contributed by atoms with Gasteiger partial charge in [0.25, 0.3) is 5.91 Å². The number of hydrogen-bond donors (Lipinski definition) is 2. The molecule has 2 N–H and O–H groups in total. The van der Waals surface area contributed by atoms with E-state index in [0.717, 1.165) is 11.4 Å². The summed E-state index contributed by atoms with van der Waals surface area (Å²) < 4.78 is 10.1. The number of nitrogens with one attached hydrogen (secondary N) is 2. The van der Waals surface area contributed by atoms with Crippen LogP contribution in [0.25, 0.3) is 0 Å². The maximum absolute atomic E-state index is 12.1. The minimum absolute atomic E-state index is 0.282. The summed E-state index contributed by atoms with van der Waals surface area (Å²) in [5.74, 6) is 1.44. The van der Waals surface area contributed by atoms with Crippen molar-refractivity contribution in [1.82, 2.24) is 10.1 Å². The first-order chi connectivity index (χ1) is 10.7. The van der Waals surface area contributed by atoms with Gasteiger partial charge in [-0.3, -0.25) is 9.78 Å². The number of hydrogen-bond acceptors (Lipinski definition) is 6. The number of rotatable bonds is 5. The smallest absolute Gasteiger partial charge is 0.275 e. The molecule has 0 unspecified atom stereocenters. The van der Waals surface area contributed by atoms with Gasteiger partial charge in [-0.2, -0.15) is 0 Å². The average Bonchev–Trinajstić information content (AvgIpc) is 3.17. The number of furan rings is 1. The van der Waals surface area contributed by atoms with Crippen LogP contribution in [0, 0.1) is 6.92 Å². The molecule has 3 heterocycles. The van der Waals surface area contributed by atoms with Crippen molar-refractivity contribution < 1.29 is 13.7 Å². The average molecular weight is 298 g/mol. The molecule has 7 nitrogen and oxygen atoms in total. The Kier molecular flexibility index (Phi) is 3.86. The molecule has 0 bridgehead atoms. The first-order valence-corrected chi connectivity index (χ1v) is 6.68. The van der Waals surface area contributed by atoms with Gasteiger partial charge in [0.2, 0.25) is 0 Å². The van der Waals surface area contributed by atoms with E-state index in [-0.39, 0.29) is 11.6 Å². The normalized spacial score (nSPS) is 10.4. The molecule has 0 radical (unpaired) electrons. The highest BCUT2D eigenvalue weighted by Crippen LogP contribution is 2.13. The van der Waals surface area contributed by atoms with Gasteiger partial charge in [-0.15, -0.1) is 0 Å². The topological polar surface area (TPSA) is 93.2 Å². The second kappa shape index (κ2) is 6.13. The van der Waals surface area contributed by atoms with Gasteiger partial charge in [0.05, 0.1) is 12.8 Å². The quantitative estimate of drug-likeness (QED) is 0.752. The van der Waals surface area contributed by atoms with Crippen LogP contribution in [0.2, 0.25) is 0 Å². The van der Waals surface area contributed by atoms with Crippen LogP contribution in [0.15, 0.2) is 51.7 Å². The highest BCUT2D eigenvalue weighted by atomic mass is 16.5. The van der Waals surface area contributed by atoms with Gasteiger partial charge in [0, 0.05) is 18.0 Å². The molecular weight excluding hydrogens is 284 g/mol. The van der Waals surface area contributed by atoms with Crippen LogP contribution in [0.3, 0.4) is 0 Å². The van der Waals surface area contributed by atoms with Crippen LogP contribution in [-0.4, -0.2) is 16.0 Å². The minimum Gasteiger partial charge on any atom is -0.467 e. The largest absolute Gasteiger partial charge is 0.467 e. The van der Waals surface area contributed by atoms with Crippen molar-refractivity contribution in [1.29, 1.82) is 0 Å². The molecule has 3 aromatic heterocycles. The number of pyridine rings is 1. The van der Waals surface area contributed by atoms with Crippen molar-refractivity contribution in [2.24, 2.45) is 0 Å². The highest BCUT2D eigenvalue weighted by Gasteiger charge is 2.11. The molecule has 0 aliphatic rings. The lowest BCUT2D eigenvalue weighted by Crippen LogP contribution is -2.14. The van der Waals surface area contributed by atoms with Crippen molar-refractivity contribution in [2.75, 3.05) is 10.6 Å². The fourth-order valence-corrected chi connectivity index (χ4v) is 1.87. The Labute approximate surface area is 126 Å². The predicted octanol–water partition coefficient (Wildman–Crippen LogP) is 2.84. The first kappa shape index (κ1) is 13.9. The molecule has 0 aliphatic heterocycles. The SMILES string of the molecule is Cc1cc(NC(=O)c2cc(NCc3ccco3)ccn2)no1. The highest BCUT2D eigenvalue weighted by molar-refractivity contribution is 6.02. The third-order valence-electron chi connectivity index (χ3n) is 2.91. The fourth-order valence-electron chi connectivity index (χ4n) is 1.87. The number of aryl methyl sites for hydroxylation is 1. The third-order valence-corrected chi connectivity index (χ3v) is 2.91. The summed E-state index contributed by atoms with van der Waals surface area (Å²) in [5, 5.41) is 9.50. The van der Waals surface area contributed by atoms with Crippen LogP contribution in [0.5, 0.6) is 0 Å². The monoisotopic (exact) mass is 298 g/mol. The van der Waals surface area contributed by atoms with Gasteiger partial charge in [-0.05, 0) is 31.2 Å². The number of amides is 1. The van der Waals surface area contributed by atoms with Crippen molar-refractivity contribution >= 4 is 17.4 Å². The van der Waals surface area contributed by atoms with Crippen LogP contribution in [0.4, 0.5) is 11.5 Å². The van der Waals surface area contributed by atoms with E-state index in [0.29, 0.717) is 18.1 Å². The van der Waals surface area contributed by atoms with E-state index in [1.165, 1.54) is 0 Å². The standard InChI is InChI=1S/C15H14N4O3/c1-10-7-14(19-22-10)18-15(20)13-8-11(4-5-16-13)17-9-12-3-2-6-21-12/h2-8H,9H2,1H3,(H,16,17)(H,18,19,20). The number of aromatic nitrogens is 2. The Morgan fingerprint density at radius 1 is 1.32 bits per heavy atom. The lowest BCUT2D eigenvalue weighted by Gasteiger charge is -2.06. The molecular formula is C15H14N4O3. The third kappa shape index (κ3) is 3.32. The minimum atomic E-state index is -0.352. The predicted molar refractivity (Wildman–Crippen MR) is 79.5 cm³/mol. The molecule has 3 rings (SSSR count). The van der Waals surface area contributed by atoms with E-state index < -0.39 is 0 Å². The van der Waals surface area contributed by atoms with Crippen molar-refractivity contribution in [3.05, 3.63) is 60.0 Å². The van der Waals surface area contributed by atoms with Gasteiger partial charge < -0.3 is 19.6 Å². The lowest BCUT2D eigenvalue weighted by molar-refractivity contribution is 0.102. The zero-order valence-electron chi connectivity index (χ0n) is 11.9. The summed E-state index contributed by atoms with van der Waals surface area (Å²) in [6.45, 7) is 2.28. The van der Waals surface area contributed by atoms with Crippen LogP contribution in [0.1, 0.15) is 22.0 Å². The molecule has 22 heavy (non-hydrogen) atoms. The van der Waals surface area contributed by atoms with Gasteiger partial charge in [-0.1, -0.05) is 5.16 Å². The Morgan fingerprint density at radius 3 is 2.95 bits per heavy atom. The molecule has 112 valence electrons. The Bertz CT molecular complexity index is 765. The second-order valence-electron chi connectivity index (χ2n) is 4.64. The zero-order valence-corrected chi connectivity index (χ0v) is 11.9. The summed E-state index contributed by atoms with van der Waals surface area (Å²) >= 11 is 0. The van der Waals surface area contributed by atoms with E-state index in [1.54, 1.807) is 37.6 Å². The Balaban J connectivity index is 1.66. The van der Waals surface area contributed by atoms with E-state index in [1.807, 2.05) is 12.1 Å². The maximum Gasteiger partial charge on any atom is 0.275 e. The first-order valence-electron chi connectivity index (χ1n) is 6.68.